The van der Waals surface area contributed by atoms with Crippen LogP contribution >= 0.6 is 22.6 Å². The fourth-order valence-corrected chi connectivity index (χ4v) is 1.36. The van der Waals surface area contributed by atoms with E-state index in [1.807, 2.05) is 4.98 Å². The van der Waals surface area contributed by atoms with Gasteiger partial charge in [0.1, 0.15) is 9.26 Å². The molecule has 0 amide bonds. The lowest BCUT2D eigenvalue weighted by molar-refractivity contribution is 0.101. The van der Waals surface area contributed by atoms with E-state index in [0.29, 0.717) is 0 Å². The summed E-state index contributed by atoms with van der Waals surface area (Å²) >= 11 is 1.70. The first kappa shape index (κ1) is 9.17. The first-order chi connectivity index (χ1) is 5.52. The molecule has 64 valence electrons. The number of Topliss-reactive ketones (excluding diaryl/α,β-unsaturated/α-hetero) is 1. The Kier molecular flexibility index (Phi) is 2.46. The topological polar surface area (TPSA) is 82.8 Å². The molecule has 0 aromatic carbocycles. The van der Waals surface area contributed by atoms with Gasteiger partial charge in [-0.3, -0.25) is 14.6 Å². The van der Waals surface area contributed by atoms with E-state index >= 15 is 0 Å². The number of carbonyl (C=O) groups is 1. The number of ketones is 1. The van der Waals surface area contributed by atoms with Crippen molar-refractivity contribution in [2.75, 3.05) is 0 Å². The second kappa shape index (κ2) is 3.21. The van der Waals surface area contributed by atoms with Crippen molar-refractivity contribution in [3.05, 3.63) is 30.1 Å². The molecule has 2 N–H and O–H groups in total. The lowest BCUT2D eigenvalue weighted by atomic mass is 10.3. The number of carbonyl (C=O) groups excluding carboxylic acids is 1. The summed E-state index contributed by atoms with van der Waals surface area (Å²) in [6.07, 6.45) is 0. The molecule has 12 heavy (non-hydrogen) atoms. The maximum Gasteiger partial charge on any atom is 0.326 e. The monoisotopic (exact) mass is 280 g/mol. The van der Waals surface area contributed by atoms with E-state index in [-0.39, 0.29) is 15.0 Å². The molecule has 0 radical (unpaired) electrons. The van der Waals surface area contributed by atoms with Crippen LogP contribution in [0.3, 0.4) is 0 Å². The Morgan fingerprint density at radius 2 is 1.92 bits per heavy atom. The van der Waals surface area contributed by atoms with Crippen molar-refractivity contribution >= 4 is 28.4 Å². The number of aromatic amines is 2. The average Bonchev–Trinajstić information content (AvgIpc) is 1.96. The van der Waals surface area contributed by atoms with Gasteiger partial charge in [-0.2, -0.15) is 0 Å². The predicted octanol–water partition coefficient (Wildman–Crippen LogP) is -0.130. The molecule has 1 rings (SSSR count). The largest absolute Gasteiger partial charge is 0.326 e. The molecule has 5 nitrogen and oxygen atoms in total. The van der Waals surface area contributed by atoms with Crippen LogP contribution in [0.4, 0.5) is 0 Å². The highest BCUT2D eigenvalue weighted by Gasteiger charge is 2.09. The predicted molar refractivity (Wildman–Crippen MR) is 50.4 cm³/mol. The molecule has 0 fully saturated rings. The molecular weight excluding hydrogens is 275 g/mol. The zero-order chi connectivity index (χ0) is 9.30. The molecule has 1 aromatic heterocycles. The number of aromatic nitrogens is 2. The van der Waals surface area contributed by atoms with Crippen LogP contribution < -0.4 is 11.2 Å². The number of halogens is 1. The summed E-state index contributed by atoms with van der Waals surface area (Å²) in [6.45, 7) is 1.28. The van der Waals surface area contributed by atoms with Gasteiger partial charge in [0.2, 0.25) is 0 Å². The Balaban J connectivity index is 3.59. The van der Waals surface area contributed by atoms with Gasteiger partial charge >= 0.3 is 5.69 Å². The summed E-state index contributed by atoms with van der Waals surface area (Å²) in [5.41, 5.74) is -1.14. The molecule has 0 unspecified atom stereocenters. The van der Waals surface area contributed by atoms with Crippen LogP contribution in [0.1, 0.15) is 17.4 Å². The maximum atomic E-state index is 10.9. The highest BCUT2D eigenvalue weighted by atomic mass is 127. The van der Waals surface area contributed by atoms with Gasteiger partial charge in [0, 0.05) is 6.92 Å². The second-order valence-corrected chi connectivity index (χ2v) is 3.23. The van der Waals surface area contributed by atoms with Gasteiger partial charge in [-0.05, 0) is 22.6 Å². The molecule has 0 aliphatic heterocycles. The maximum absolute atomic E-state index is 10.9. The van der Waals surface area contributed by atoms with Crippen molar-refractivity contribution in [2.45, 2.75) is 6.92 Å². The summed E-state index contributed by atoms with van der Waals surface area (Å²) in [6, 6.07) is 0. The number of rotatable bonds is 1. The molecule has 6 heteroatoms. The summed E-state index contributed by atoms with van der Waals surface area (Å²) in [7, 11) is 0. The fraction of sp³-hybridized carbons (Fsp3) is 0.167. The summed E-state index contributed by atoms with van der Waals surface area (Å²) in [5.74, 6) is -0.331. The molecule has 0 aliphatic rings. The van der Waals surface area contributed by atoms with Gasteiger partial charge in [-0.25, -0.2) is 4.79 Å². The number of H-pyrrole nitrogens is 2. The normalized spacial score (nSPS) is 9.83. The molecule has 0 saturated carbocycles. The smallest absolute Gasteiger partial charge is 0.303 e. The van der Waals surface area contributed by atoms with E-state index in [4.69, 9.17) is 0 Å². The standard InChI is InChI=1S/C6H5IN2O3/c1-2(10)4-3(7)5(11)9-6(12)8-4/h1H3,(H2,8,9,11,12). The molecule has 1 aromatic rings. The quantitative estimate of drug-likeness (QED) is 0.555. The van der Waals surface area contributed by atoms with E-state index in [9.17, 15) is 14.4 Å². The zero-order valence-corrected chi connectivity index (χ0v) is 8.26. The van der Waals surface area contributed by atoms with E-state index in [1.165, 1.54) is 6.92 Å². The minimum Gasteiger partial charge on any atom is -0.303 e. The SMILES string of the molecule is CC(=O)c1[nH]c(=O)[nH]c(=O)c1I. The van der Waals surface area contributed by atoms with Crippen molar-refractivity contribution in [3.63, 3.8) is 0 Å². The van der Waals surface area contributed by atoms with Gasteiger partial charge in [0.25, 0.3) is 5.56 Å². The Hall–Kier alpha value is -0.920. The van der Waals surface area contributed by atoms with Crippen molar-refractivity contribution in [3.8, 4) is 0 Å². The molecule has 0 bridgehead atoms. The third-order valence-electron chi connectivity index (χ3n) is 1.24. The number of nitrogens with one attached hydrogen (secondary N) is 2. The van der Waals surface area contributed by atoms with Gasteiger partial charge in [0.15, 0.2) is 5.78 Å². The average molecular weight is 280 g/mol. The Morgan fingerprint density at radius 1 is 1.33 bits per heavy atom. The van der Waals surface area contributed by atoms with E-state index in [0.717, 1.165) is 0 Å². The van der Waals surface area contributed by atoms with Crippen molar-refractivity contribution < 1.29 is 4.79 Å². The van der Waals surface area contributed by atoms with Gasteiger partial charge < -0.3 is 4.98 Å². The molecule has 0 atom stereocenters. The Labute approximate surface area is 80.3 Å². The summed E-state index contributed by atoms with van der Waals surface area (Å²) < 4.78 is 0.208. The Morgan fingerprint density at radius 3 is 2.42 bits per heavy atom. The molecule has 0 saturated heterocycles. The van der Waals surface area contributed by atoms with E-state index in [2.05, 4.69) is 4.98 Å². The summed E-state index contributed by atoms with van der Waals surface area (Å²) in [5, 5.41) is 0. The molecule has 1 heterocycles. The molecule has 0 aliphatic carbocycles. The van der Waals surface area contributed by atoms with Crippen molar-refractivity contribution in [1.29, 1.82) is 0 Å². The highest BCUT2D eigenvalue weighted by Crippen LogP contribution is 2.01. The van der Waals surface area contributed by atoms with Crippen LogP contribution in [-0.2, 0) is 0 Å². The Bertz CT molecular complexity index is 431. The van der Waals surface area contributed by atoms with Gasteiger partial charge in [-0.1, -0.05) is 0 Å². The number of hydrogen-bond donors (Lipinski definition) is 2. The van der Waals surface area contributed by atoms with Crippen LogP contribution in [0.25, 0.3) is 0 Å². The third kappa shape index (κ3) is 1.63. The zero-order valence-electron chi connectivity index (χ0n) is 6.10. The van der Waals surface area contributed by atoms with Crippen LogP contribution in [0.5, 0.6) is 0 Å². The second-order valence-electron chi connectivity index (χ2n) is 2.15. The van der Waals surface area contributed by atoms with Crippen LogP contribution in [0.15, 0.2) is 9.59 Å². The van der Waals surface area contributed by atoms with Crippen LogP contribution in [0.2, 0.25) is 0 Å². The highest BCUT2D eigenvalue weighted by molar-refractivity contribution is 14.1. The van der Waals surface area contributed by atoms with E-state index in [1.54, 1.807) is 22.6 Å². The molecular formula is C6H5IN2O3. The lowest BCUT2D eigenvalue weighted by Gasteiger charge is -1.96. The first-order valence-corrected chi connectivity index (χ1v) is 4.13. The van der Waals surface area contributed by atoms with Gasteiger partial charge in [0.05, 0.1) is 0 Å². The van der Waals surface area contributed by atoms with Crippen molar-refractivity contribution in [1.82, 2.24) is 9.97 Å². The molecule has 0 spiro atoms. The third-order valence-corrected chi connectivity index (χ3v) is 2.27. The lowest BCUT2D eigenvalue weighted by Crippen LogP contribution is -2.28. The fourth-order valence-electron chi connectivity index (χ4n) is 0.714. The van der Waals surface area contributed by atoms with Crippen LogP contribution in [0, 0.1) is 3.57 Å². The first-order valence-electron chi connectivity index (χ1n) is 3.05. The van der Waals surface area contributed by atoms with E-state index < -0.39 is 11.2 Å². The van der Waals surface area contributed by atoms with Gasteiger partial charge in [-0.15, -0.1) is 0 Å². The van der Waals surface area contributed by atoms with Crippen LogP contribution in [-0.4, -0.2) is 15.8 Å². The minimum atomic E-state index is -0.661. The minimum absolute atomic E-state index is 0.0596. The summed E-state index contributed by atoms with van der Waals surface area (Å²) in [4.78, 5) is 36.7. The van der Waals surface area contributed by atoms with Crippen molar-refractivity contribution in [2.24, 2.45) is 0 Å². The number of hydrogen-bond acceptors (Lipinski definition) is 3.